The first-order valence-electron chi connectivity index (χ1n) is 11.9. The zero-order chi connectivity index (χ0) is 28.0. The molecule has 0 saturated carbocycles. The summed E-state index contributed by atoms with van der Waals surface area (Å²) < 4.78 is 38.1. The molecule has 39 heavy (non-hydrogen) atoms. The van der Waals surface area contributed by atoms with Gasteiger partial charge in [0.25, 0.3) is 11.1 Å². The predicted molar refractivity (Wildman–Crippen MR) is 142 cm³/mol. The Morgan fingerprint density at radius 3 is 2.28 bits per heavy atom. The molecular formula is C29H23F2N3O5. The highest BCUT2D eigenvalue weighted by Gasteiger charge is 2.24. The lowest BCUT2D eigenvalue weighted by Crippen LogP contribution is -2.42. The minimum atomic E-state index is -0.891. The number of phenols is 1. The van der Waals surface area contributed by atoms with Gasteiger partial charge in [-0.1, -0.05) is 24.3 Å². The van der Waals surface area contributed by atoms with Crippen LogP contribution >= 0.6 is 0 Å². The second kappa shape index (κ2) is 9.71. The molecule has 5 rings (SSSR count). The summed E-state index contributed by atoms with van der Waals surface area (Å²) in [6.07, 6.45) is 0. The van der Waals surface area contributed by atoms with Crippen molar-refractivity contribution in [3.8, 4) is 22.9 Å². The molecule has 0 unspecified atom stereocenters. The molecule has 2 aromatic heterocycles. The average Bonchev–Trinajstić information content (AvgIpc) is 2.88. The standard InChI is InChI=1S/C29H23F2N3O5/c1-16-4-11-22(21(31)12-16)34-27-26(28(37)33(29(34)38)15-18-6-9-20(35)10-7-18)24(14-25(36)32(27)3)39-23-13-19(30)8-5-17(23)2/h4-14,35H,15H2,1-3H3. The lowest BCUT2D eigenvalue weighted by atomic mass is 10.2. The molecule has 0 atom stereocenters. The van der Waals surface area contributed by atoms with Crippen LogP contribution in [0.3, 0.4) is 0 Å². The van der Waals surface area contributed by atoms with E-state index in [1.807, 2.05) is 0 Å². The van der Waals surface area contributed by atoms with Crippen molar-refractivity contribution in [2.75, 3.05) is 0 Å². The largest absolute Gasteiger partial charge is 0.508 e. The second-order valence-electron chi connectivity index (χ2n) is 9.25. The highest BCUT2D eigenvalue weighted by Crippen LogP contribution is 2.30. The van der Waals surface area contributed by atoms with Crippen LogP contribution in [-0.2, 0) is 13.6 Å². The molecule has 8 nitrogen and oxygen atoms in total. The van der Waals surface area contributed by atoms with Gasteiger partial charge >= 0.3 is 5.69 Å². The molecule has 0 spiro atoms. The van der Waals surface area contributed by atoms with Crippen molar-refractivity contribution in [1.29, 1.82) is 0 Å². The van der Waals surface area contributed by atoms with E-state index in [4.69, 9.17) is 4.74 Å². The van der Waals surface area contributed by atoms with E-state index >= 15 is 4.39 Å². The van der Waals surface area contributed by atoms with Crippen LogP contribution in [0, 0.1) is 25.5 Å². The Balaban J connectivity index is 1.91. The summed E-state index contributed by atoms with van der Waals surface area (Å²) in [7, 11) is 1.35. The van der Waals surface area contributed by atoms with Gasteiger partial charge in [0.1, 0.15) is 39.9 Å². The number of aromatic nitrogens is 3. The molecule has 0 bridgehead atoms. The fraction of sp³-hybridized carbons (Fsp3) is 0.138. The maximum absolute atomic E-state index is 15.3. The van der Waals surface area contributed by atoms with E-state index in [2.05, 4.69) is 0 Å². The minimum Gasteiger partial charge on any atom is -0.508 e. The highest BCUT2D eigenvalue weighted by molar-refractivity contribution is 5.83. The number of fused-ring (bicyclic) bond motifs is 1. The minimum absolute atomic E-state index is 0.0000970. The summed E-state index contributed by atoms with van der Waals surface area (Å²) in [4.78, 5) is 40.8. The Bertz CT molecular complexity index is 1940. The Hall–Kier alpha value is -4.99. The molecule has 10 heteroatoms. The Kier molecular flexibility index (Phi) is 6.39. The number of halogens is 2. The number of hydrogen-bond acceptors (Lipinski definition) is 5. The molecule has 2 heterocycles. The quantitative estimate of drug-likeness (QED) is 0.365. The first-order valence-corrected chi connectivity index (χ1v) is 11.9. The van der Waals surface area contributed by atoms with E-state index in [-0.39, 0.29) is 40.5 Å². The summed E-state index contributed by atoms with van der Waals surface area (Å²) in [5.74, 6) is -1.49. The van der Waals surface area contributed by atoms with Crippen molar-refractivity contribution in [2.45, 2.75) is 20.4 Å². The van der Waals surface area contributed by atoms with Crippen molar-refractivity contribution < 1.29 is 18.6 Å². The molecule has 3 aromatic carbocycles. The normalized spacial score (nSPS) is 11.2. The lowest BCUT2D eigenvalue weighted by molar-refractivity contribution is 0.474. The van der Waals surface area contributed by atoms with Gasteiger partial charge in [-0.3, -0.25) is 18.7 Å². The number of hydrogen-bond donors (Lipinski definition) is 1. The molecule has 0 amide bonds. The second-order valence-corrected chi connectivity index (χ2v) is 9.25. The molecule has 0 aliphatic rings. The molecule has 1 N–H and O–H groups in total. The van der Waals surface area contributed by atoms with Crippen molar-refractivity contribution in [3.05, 3.63) is 126 Å². The average molecular weight is 532 g/mol. The van der Waals surface area contributed by atoms with Gasteiger partial charge in [0.2, 0.25) is 0 Å². The highest BCUT2D eigenvalue weighted by atomic mass is 19.1. The Labute approximate surface area is 220 Å². The van der Waals surface area contributed by atoms with Gasteiger partial charge in [0.05, 0.1) is 12.2 Å². The van der Waals surface area contributed by atoms with Crippen LogP contribution in [0.15, 0.2) is 81.1 Å². The molecule has 0 aliphatic heterocycles. The van der Waals surface area contributed by atoms with Crippen molar-refractivity contribution in [1.82, 2.24) is 13.7 Å². The maximum atomic E-state index is 15.3. The zero-order valence-electron chi connectivity index (χ0n) is 21.2. The summed E-state index contributed by atoms with van der Waals surface area (Å²) in [6.45, 7) is 3.13. The monoisotopic (exact) mass is 531 g/mol. The van der Waals surface area contributed by atoms with Gasteiger partial charge in [0, 0.05) is 19.2 Å². The molecule has 0 saturated heterocycles. The van der Waals surface area contributed by atoms with Gasteiger partial charge in [-0.05, 0) is 60.9 Å². The van der Waals surface area contributed by atoms with E-state index in [1.165, 1.54) is 55.6 Å². The summed E-state index contributed by atoms with van der Waals surface area (Å²) in [5, 5.41) is 9.46. The number of rotatable bonds is 5. The van der Waals surface area contributed by atoms with E-state index < -0.39 is 28.4 Å². The molecule has 0 fully saturated rings. The number of aryl methyl sites for hydroxylation is 3. The number of aromatic hydroxyl groups is 1. The summed E-state index contributed by atoms with van der Waals surface area (Å²) in [5.41, 5.74) is -1.05. The summed E-state index contributed by atoms with van der Waals surface area (Å²) in [6, 6.07) is 15.0. The number of nitrogens with zero attached hydrogens (tertiary/aromatic N) is 3. The van der Waals surface area contributed by atoms with Crippen molar-refractivity contribution in [3.63, 3.8) is 0 Å². The van der Waals surface area contributed by atoms with Crippen LogP contribution < -0.4 is 21.5 Å². The third-order valence-corrected chi connectivity index (χ3v) is 6.46. The number of ether oxygens (including phenoxy) is 1. The SMILES string of the molecule is Cc1ccc(-n2c(=O)n(Cc3ccc(O)cc3)c(=O)c3c(Oc4cc(F)ccc4C)cc(=O)n(C)c32)c(F)c1. The van der Waals surface area contributed by atoms with Gasteiger partial charge < -0.3 is 9.84 Å². The lowest BCUT2D eigenvalue weighted by Gasteiger charge is -2.19. The van der Waals surface area contributed by atoms with E-state index in [0.29, 0.717) is 16.7 Å². The molecule has 0 aliphatic carbocycles. The van der Waals surface area contributed by atoms with Crippen LogP contribution in [0.4, 0.5) is 8.78 Å². The topological polar surface area (TPSA) is 95.5 Å². The Morgan fingerprint density at radius 1 is 0.872 bits per heavy atom. The molecular weight excluding hydrogens is 508 g/mol. The molecule has 0 radical (unpaired) electrons. The zero-order valence-corrected chi connectivity index (χ0v) is 21.2. The third kappa shape index (κ3) is 4.61. The van der Waals surface area contributed by atoms with Gasteiger partial charge in [-0.15, -0.1) is 0 Å². The number of pyridine rings is 1. The number of benzene rings is 3. The van der Waals surface area contributed by atoms with Crippen molar-refractivity contribution in [2.24, 2.45) is 7.05 Å². The third-order valence-electron chi connectivity index (χ3n) is 6.46. The molecule has 5 aromatic rings. The fourth-order valence-corrected chi connectivity index (χ4v) is 4.38. The summed E-state index contributed by atoms with van der Waals surface area (Å²) >= 11 is 0. The van der Waals surface area contributed by atoms with Gasteiger partial charge in [0.15, 0.2) is 0 Å². The van der Waals surface area contributed by atoms with Gasteiger partial charge in [-0.25, -0.2) is 18.1 Å². The van der Waals surface area contributed by atoms with Crippen LogP contribution in [0.25, 0.3) is 16.7 Å². The van der Waals surface area contributed by atoms with Gasteiger partial charge in [-0.2, -0.15) is 0 Å². The van der Waals surface area contributed by atoms with E-state index in [9.17, 15) is 23.9 Å². The smallest absolute Gasteiger partial charge is 0.337 e. The molecule has 198 valence electrons. The first kappa shape index (κ1) is 25.7. The fourth-order valence-electron chi connectivity index (χ4n) is 4.38. The van der Waals surface area contributed by atoms with Crippen LogP contribution in [0.1, 0.15) is 16.7 Å². The first-order chi connectivity index (χ1) is 18.5. The van der Waals surface area contributed by atoms with E-state index in [0.717, 1.165) is 25.8 Å². The maximum Gasteiger partial charge on any atom is 0.337 e. The predicted octanol–water partition coefficient (Wildman–Crippen LogP) is 4.29. The van der Waals surface area contributed by atoms with E-state index in [1.54, 1.807) is 19.9 Å². The van der Waals surface area contributed by atoms with Crippen molar-refractivity contribution >= 4 is 11.0 Å². The number of phenolic OH excluding ortho intramolecular Hbond substituents is 1. The van der Waals surface area contributed by atoms with Crippen LogP contribution in [-0.4, -0.2) is 18.8 Å². The van der Waals surface area contributed by atoms with Crippen LogP contribution in [0.5, 0.6) is 17.2 Å². The Morgan fingerprint density at radius 2 is 1.59 bits per heavy atom. The van der Waals surface area contributed by atoms with Crippen LogP contribution in [0.2, 0.25) is 0 Å².